The van der Waals surface area contributed by atoms with Crippen molar-refractivity contribution in [3.05, 3.63) is 44.2 Å². The van der Waals surface area contributed by atoms with Crippen molar-refractivity contribution < 1.29 is 9.21 Å². The van der Waals surface area contributed by atoms with Gasteiger partial charge in [-0.3, -0.25) is 4.79 Å². The Labute approximate surface area is 143 Å². The van der Waals surface area contributed by atoms with E-state index in [2.05, 4.69) is 26.6 Å². The molecule has 0 aliphatic heterocycles. The fourth-order valence-corrected chi connectivity index (χ4v) is 2.50. The maximum atomic E-state index is 12.2. The molecule has 1 aromatic heterocycles. The quantitative estimate of drug-likeness (QED) is 0.609. The van der Waals surface area contributed by atoms with Gasteiger partial charge in [0.2, 0.25) is 0 Å². The molecule has 7 heteroatoms. The molecule has 0 unspecified atom stereocenters. The summed E-state index contributed by atoms with van der Waals surface area (Å²) in [5, 5.41) is 6.50. The standard InChI is InChI=1S/C15H17BrN2O3.ClH/c1-9-11-8-10(16)4-5-12(11)21-15(20)13(9)14(19)18-7-3-6-17-2;/h4-5,8,17H,3,6-7H2,1-2H3,(H,18,19);1H. The predicted molar refractivity (Wildman–Crippen MR) is 93.0 cm³/mol. The molecule has 2 aromatic rings. The van der Waals surface area contributed by atoms with E-state index >= 15 is 0 Å². The summed E-state index contributed by atoms with van der Waals surface area (Å²) in [7, 11) is 1.85. The van der Waals surface area contributed by atoms with Crippen LogP contribution in [0.2, 0.25) is 0 Å². The minimum Gasteiger partial charge on any atom is -0.422 e. The van der Waals surface area contributed by atoms with Gasteiger partial charge in [-0.05, 0) is 50.7 Å². The highest BCUT2D eigenvalue weighted by atomic mass is 79.9. The van der Waals surface area contributed by atoms with Gasteiger partial charge in [0.05, 0.1) is 0 Å². The molecular formula is C15H18BrClN2O3. The van der Waals surface area contributed by atoms with E-state index in [1.807, 2.05) is 13.1 Å². The Kier molecular flexibility index (Phi) is 7.06. The molecule has 0 aliphatic carbocycles. The number of halogens is 2. The Bertz CT molecular complexity index is 731. The van der Waals surface area contributed by atoms with Crippen LogP contribution in [-0.4, -0.2) is 26.0 Å². The van der Waals surface area contributed by atoms with E-state index in [0.29, 0.717) is 17.7 Å². The van der Waals surface area contributed by atoms with Gasteiger partial charge in [-0.2, -0.15) is 0 Å². The largest absolute Gasteiger partial charge is 0.422 e. The maximum absolute atomic E-state index is 12.2. The molecular weight excluding hydrogens is 372 g/mol. The van der Waals surface area contributed by atoms with Gasteiger partial charge in [-0.15, -0.1) is 12.4 Å². The fraction of sp³-hybridized carbons (Fsp3) is 0.333. The number of hydrogen-bond acceptors (Lipinski definition) is 4. The van der Waals surface area contributed by atoms with E-state index in [-0.39, 0.29) is 23.9 Å². The maximum Gasteiger partial charge on any atom is 0.349 e. The molecule has 1 aromatic carbocycles. The summed E-state index contributed by atoms with van der Waals surface area (Å²) in [6.07, 6.45) is 0.797. The van der Waals surface area contributed by atoms with Crippen LogP contribution in [0.15, 0.2) is 31.9 Å². The lowest BCUT2D eigenvalue weighted by Crippen LogP contribution is -2.31. The third kappa shape index (κ3) is 4.09. The summed E-state index contributed by atoms with van der Waals surface area (Å²) in [6, 6.07) is 5.34. The second-order valence-corrected chi connectivity index (χ2v) is 5.66. The number of carbonyl (C=O) groups is 1. The van der Waals surface area contributed by atoms with E-state index in [9.17, 15) is 9.59 Å². The number of fused-ring (bicyclic) bond motifs is 1. The summed E-state index contributed by atoms with van der Waals surface area (Å²) >= 11 is 3.38. The molecule has 22 heavy (non-hydrogen) atoms. The number of amides is 1. The lowest BCUT2D eigenvalue weighted by Gasteiger charge is -2.09. The van der Waals surface area contributed by atoms with Gasteiger partial charge in [0.15, 0.2) is 0 Å². The molecule has 1 heterocycles. The first-order valence-electron chi connectivity index (χ1n) is 6.70. The highest BCUT2D eigenvalue weighted by Gasteiger charge is 2.18. The minimum absolute atomic E-state index is 0. The first kappa shape index (κ1) is 18.7. The number of benzene rings is 1. The molecule has 0 fully saturated rings. The monoisotopic (exact) mass is 388 g/mol. The second kappa shape index (κ2) is 8.31. The van der Waals surface area contributed by atoms with Crippen molar-refractivity contribution in [1.29, 1.82) is 0 Å². The number of nitrogens with one attached hydrogen (secondary N) is 2. The van der Waals surface area contributed by atoms with Crippen LogP contribution in [0.1, 0.15) is 22.3 Å². The first-order chi connectivity index (χ1) is 10.0. The minimum atomic E-state index is -0.603. The highest BCUT2D eigenvalue weighted by molar-refractivity contribution is 9.10. The van der Waals surface area contributed by atoms with Crippen LogP contribution in [0.4, 0.5) is 0 Å². The van der Waals surface area contributed by atoms with Gasteiger partial charge in [0.25, 0.3) is 5.91 Å². The molecule has 2 rings (SSSR count). The highest BCUT2D eigenvalue weighted by Crippen LogP contribution is 2.23. The molecule has 0 saturated heterocycles. The average Bonchev–Trinajstić information content (AvgIpc) is 2.44. The van der Waals surface area contributed by atoms with Gasteiger partial charge in [0.1, 0.15) is 11.1 Å². The molecule has 0 saturated carbocycles. The van der Waals surface area contributed by atoms with E-state index in [4.69, 9.17) is 4.42 Å². The molecule has 0 aliphatic rings. The van der Waals surface area contributed by atoms with E-state index in [1.165, 1.54) is 0 Å². The van der Waals surface area contributed by atoms with Gasteiger partial charge in [-0.25, -0.2) is 4.79 Å². The van der Waals surface area contributed by atoms with Crippen LogP contribution in [0, 0.1) is 6.92 Å². The fourth-order valence-electron chi connectivity index (χ4n) is 2.14. The summed E-state index contributed by atoms with van der Waals surface area (Å²) in [6.45, 7) is 3.07. The van der Waals surface area contributed by atoms with E-state index in [1.54, 1.807) is 19.1 Å². The molecule has 0 atom stereocenters. The third-order valence-electron chi connectivity index (χ3n) is 3.24. The van der Waals surface area contributed by atoms with Crippen molar-refractivity contribution in [1.82, 2.24) is 10.6 Å². The molecule has 120 valence electrons. The Morgan fingerprint density at radius 1 is 1.32 bits per heavy atom. The van der Waals surface area contributed by atoms with Crippen LogP contribution in [0.3, 0.4) is 0 Å². The van der Waals surface area contributed by atoms with Crippen molar-refractivity contribution >= 4 is 45.2 Å². The number of carbonyl (C=O) groups excluding carboxylic acids is 1. The van der Waals surface area contributed by atoms with Gasteiger partial charge in [0, 0.05) is 16.4 Å². The van der Waals surface area contributed by atoms with Crippen molar-refractivity contribution in [3.8, 4) is 0 Å². The van der Waals surface area contributed by atoms with Crippen LogP contribution < -0.4 is 16.3 Å². The Balaban J connectivity index is 0.00000242. The molecule has 5 nitrogen and oxygen atoms in total. The van der Waals surface area contributed by atoms with E-state index in [0.717, 1.165) is 22.8 Å². The first-order valence-corrected chi connectivity index (χ1v) is 7.49. The zero-order chi connectivity index (χ0) is 15.4. The molecule has 0 bridgehead atoms. The van der Waals surface area contributed by atoms with Gasteiger partial charge >= 0.3 is 5.63 Å². The lowest BCUT2D eigenvalue weighted by atomic mass is 10.1. The molecule has 0 radical (unpaired) electrons. The van der Waals surface area contributed by atoms with Crippen molar-refractivity contribution in [2.24, 2.45) is 0 Å². The third-order valence-corrected chi connectivity index (χ3v) is 3.74. The van der Waals surface area contributed by atoms with Crippen molar-refractivity contribution in [2.45, 2.75) is 13.3 Å². The summed E-state index contributed by atoms with van der Waals surface area (Å²) < 4.78 is 6.10. The molecule has 2 N–H and O–H groups in total. The SMILES string of the molecule is CNCCCNC(=O)c1c(C)c2cc(Br)ccc2oc1=O.Cl. The Morgan fingerprint density at radius 2 is 2.05 bits per heavy atom. The number of aryl methyl sites for hydroxylation is 1. The number of rotatable bonds is 5. The van der Waals surface area contributed by atoms with Crippen molar-refractivity contribution in [2.75, 3.05) is 20.1 Å². The van der Waals surface area contributed by atoms with Crippen molar-refractivity contribution in [3.63, 3.8) is 0 Å². The van der Waals surface area contributed by atoms with Gasteiger partial charge in [-0.1, -0.05) is 15.9 Å². The van der Waals surface area contributed by atoms with Gasteiger partial charge < -0.3 is 15.1 Å². The van der Waals surface area contributed by atoms with Crippen LogP contribution in [0.5, 0.6) is 0 Å². The smallest absolute Gasteiger partial charge is 0.349 e. The van der Waals surface area contributed by atoms with Crippen LogP contribution >= 0.6 is 28.3 Å². The topological polar surface area (TPSA) is 71.3 Å². The zero-order valence-electron chi connectivity index (χ0n) is 12.4. The number of hydrogen-bond donors (Lipinski definition) is 2. The molecule has 0 spiro atoms. The summed E-state index contributed by atoms with van der Waals surface area (Å²) in [5.74, 6) is -0.390. The summed E-state index contributed by atoms with van der Waals surface area (Å²) in [5.41, 5.74) is 0.583. The predicted octanol–water partition coefficient (Wildman–Crippen LogP) is 2.63. The normalized spacial score (nSPS) is 10.3. The second-order valence-electron chi connectivity index (χ2n) is 4.74. The zero-order valence-corrected chi connectivity index (χ0v) is 14.8. The summed E-state index contributed by atoms with van der Waals surface area (Å²) in [4.78, 5) is 24.2. The Morgan fingerprint density at radius 3 is 2.73 bits per heavy atom. The molecule has 1 amide bonds. The lowest BCUT2D eigenvalue weighted by molar-refractivity contribution is 0.0949. The van der Waals surface area contributed by atoms with E-state index < -0.39 is 5.63 Å². The van der Waals surface area contributed by atoms with Crippen LogP contribution in [0.25, 0.3) is 11.0 Å². The average molecular weight is 390 g/mol. The van der Waals surface area contributed by atoms with Crippen LogP contribution in [-0.2, 0) is 0 Å². The Hall–Kier alpha value is -1.37.